The molecule has 0 fully saturated rings. The number of ether oxygens (including phenoxy) is 1. The maximum Gasteiger partial charge on any atom is 0.333 e. The van der Waals surface area contributed by atoms with Crippen LogP contribution in [0, 0.1) is 16.7 Å². The van der Waals surface area contributed by atoms with Crippen LogP contribution in [-0.4, -0.2) is 18.4 Å². The maximum atomic E-state index is 12.6. The molecule has 1 aliphatic carbocycles. The smallest absolute Gasteiger partial charge is 0.333 e. The number of esters is 1. The van der Waals surface area contributed by atoms with Gasteiger partial charge in [-0.3, -0.25) is 4.79 Å². The fraction of sp³-hybridized carbons (Fsp3) is 0.389. The van der Waals surface area contributed by atoms with Crippen molar-refractivity contribution in [1.82, 2.24) is 0 Å². The number of rotatable bonds is 6. The molecule has 1 aliphatic rings. The highest BCUT2D eigenvalue weighted by Gasteiger charge is 2.44. The summed E-state index contributed by atoms with van der Waals surface area (Å²) in [5.41, 5.74) is -0.250. The van der Waals surface area contributed by atoms with Gasteiger partial charge >= 0.3 is 5.97 Å². The van der Waals surface area contributed by atoms with E-state index < -0.39 is 11.4 Å². The molecule has 0 heterocycles. The number of benzene rings is 1. The number of nitrogens with zero attached hydrogens (tertiary/aromatic N) is 1. The lowest BCUT2D eigenvalue weighted by Gasteiger charge is -2.19. The van der Waals surface area contributed by atoms with Crippen molar-refractivity contribution < 1.29 is 14.3 Å². The topological polar surface area (TPSA) is 67.2 Å². The molecule has 0 saturated carbocycles. The van der Waals surface area contributed by atoms with E-state index in [1.165, 1.54) is 0 Å². The number of hydrogen-bond acceptors (Lipinski definition) is 4. The van der Waals surface area contributed by atoms with Crippen molar-refractivity contribution >= 4 is 11.8 Å². The largest absolute Gasteiger partial charge is 0.462 e. The molecule has 1 unspecified atom stereocenters. The molecule has 0 bridgehead atoms. The van der Waals surface area contributed by atoms with Crippen molar-refractivity contribution in [3.05, 3.63) is 47.5 Å². The first-order chi connectivity index (χ1) is 10.6. The minimum Gasteiger partial charge on any atom is -0.462 e. The Balaban J connectivity index is 2.08. The van der Waals surface area contributed by atoms with Crippen molar-refractivity contribution in [2.45, 2.75) is 32.6 Å². The SMILES string of the molecule is CCCCOC(=O)C1=CCC(C#N)(C(=O)c2ccccc2)C1. The standard InChI is InChI=1S/C18H19NO3/c1-2-3-11-22-17(21)15-9-10-18(12-15,13-19)16(20)14-7-5-4-6-8-14/h4-9H,2-3,10-12H2,1H3. The summed E-state index contributed by atoms with van der Waals surface area (Å²) >= 11 is 0. The van der Waals surface area contributed by atoms with Gasteiger partial charge in [-0.1, -0.05) is 49.8 Å². The van der Waals surface area contributed by atoms with Crippen molar-refractivity contribution in [3.63, 3.8) is 0 Å². The molecule has 0 amide bonds. The Morgan fingerprint density at radius 3 is 2.68 bits per heavy atom. The number of allylic oxidation sites excluding steroid dienone is 1. The van der Waals surface area contributed by atoms with Gasteiger partial charge in [-0.15, -0.1) is 0 Å². The number of nitriles is 1. The molecule has 4 nitrogen and oxygen atoms in total. The van der Waals surface area contributed by atoms with Crippen LogP contribution in [0.25, 0.3) is 0 Å². The monoisotopic (exact) mass is 297 g/mol. The van der Waals surface area contributed by atoms with Gasteiger partial charge in [0, 0.05) is 17.6 Å². The van der Waals surface area contributed by atoms with E-state index in [1.807, 2.05) is 13.0 Å². The molecular formula is C18H19NO3. The van der Waals surface area contributed by atoms with Crippen LogP contribution in [0.15, 0.2) is 42.0 Å². The van der Waals surface area contributed by atoms with Gasteiger partial charge < -0.3 is 4.74 Å². The lowest BCUT2D eigenvalue weighted by molar-refractivity contribution is -0.139. The van der Waals surface area contributed by atoms with E-state index >= 15 is 0 Å². The Kier molecular flexibility index (Phi) is 5.11. The van der Waals surface area contributed by atoms with E-state index in [-0.39, 0.29) is 18.6 Å². The van der Waals surface area contributed by atoms with E-state index in [0.29, 0.717) is 17.7 Å². The molecule has 0 aliphatic heterocycles. The van der Waals surface area contributed by atoms with Gasteiger partial charge in [0.15, 0.2) is 5.78 Å². The van der Waals surface area contributed by atoms with Gasteiger partial charge in [-0.25, -0.2) is 4.79 Å². The highest BCUT2D eigenvalue weighted by atomic mass is 16.5. The number of Topliss-reactive ketones (excluding diaryl/α,β-unsaturated/α-hetero) is 1. The molecule has 0 N–H and O–H groups in total. The Morgan fingerprint density at radius 2 is 2.05 bits per heavy atom. The van der Waals surface area contributed by atoms with Crippen LogP contribution in [0.2, 0.25) is 0 Å². The molecule has 1 aromatic carbocycles. The van der Waals surface area contributed by atoms with Gasteiger partial charge in [0.25, 0.3) is 0 Å². The minimum absolute atomic E-state index is 0.127. The molecule has 1 aromatic rings. The summed E-state index contributed by atoms with van der Waals surface area (Å²) in [7, 11) is 0. The molecule has 4 heteroatoms. The van der Waals surface area contributed by atoms with Crippen LogP contribution in [0.4, 0.5) is 0 Å². The van der Waals surface area contributed by atoms with E-state index in [9.17, 15) is 14.9 Å². The second-order valence-corrected chi connectivity index (χ2v) is 5.49. The number of carbonyl (C=O) groups excluding carboxylic acids is 2. The van der Waals surface area contributed by atoms with Gasteiger partial charge in [-0.05, 0) is 12.8 Å². The molecule has 0 spiro atoms. The summed E-state index contributed by atoms with van der Waals surface area (Å²) in [6, 6.07) is 10.9. The van der Waals surface area contributed by atoms with Crippen LogP contribution in [0.5, 0.6) is 0 Å². The number of unbranched alkanes of at least 4 members (excludes halogenated alkanes) is 1. The van der Waals surface area contributed by atoms with Crippen molar-refractivity contribution in [2.24, 2.45) is 5.41 Å². The van der Waals surface area contributed by atoms with Crippen LogP contribution < -0.4 is 0 Å². The summed E-state index contributed by atoms with van der Waals surface area (Å²) in [5.74, 6) is -0.644. The van der Waals surface area contributed by atoms with Crippen molar-refractivity contribution in [1.29, 1.82) is 5.26 Å². The summed E-state index contributed by atoms with van der Waals surface area (Å²) in [6.07, 6.45) is 3.81. The number of hydrogen-bond donors (Lipinski definition) is 0. The van der Waals surface area contributed by atoms with E-state index in [1.54, 1.807) is 30.3 Å². The Morgan fingerprint density at radius 1 is 1.32 bits per heavy atom. The lowest BCUT2D eigenvalue weighted by atomic mass is 9.79. The quantitative estimate of drug-likeness (QED) is 0.458. The zero-order chi connectivity index (χ0) is 16.0. The fourth-order valence-electron chi connectivity index (χ4n) is 2.50. The highest BCUT2D eigenvalue weighted by Crippen LogP contribution is 2.40. The van der Waals surface area contributed by atoms with Crippen LogP contribution in [-0.2, 0) is 9.53 Å². The normalized spacial score (nSPS) is 20.1. The number of ketones is 1. The van der Waals surface area contributed by atoms with Crippen LogP contribution in [0.1, 0.15) is 43.0 Å². The van der Waals surface area contributed by atoms with E-state index in [0.717, 1.165) is 12.8 Å². The average Bonchev–Trinajstić information content (AvgIpc) is 3.01. The minimum atomic E-state index is -1.18. The molecule has 2 rings (SSSR count). The van der Waals surface area contributed by atoms with Crippen LogP contribution >= 0.6 is 0 Å². The maximum absolute atomic E-state index is 12.6. The molecular weight excluding hydrogens is 278 g/mol. The summed E-state index contributed by atoms with van der Waals surface area (Å²) in [6.45, 7) is 2.39. The highest BCUT2D eigenvalue weighted by molar-refractivity contribution is 6.04. The Labute approximate surface area is 130 Å². The second-order valence-electron chi connectivity index (χ2n) is 5.49. The zero-order valence-electron chi connectivity index (χ0n) is 12.7. The Hall–Kier alpha value is -2.41. The first-order valence-electron chi connectivity index (χ1n) is 7.50. The second kappa shape index (κ2) is 7.04. The fourth-order valence-corrected chi connectivity index (χ4v) is 2.50. The predicted molar refractivity (Wildman–Crippen MR) is 82.0 cm³/mol. The van der Waals surface area contributed by atoms with Crippen molar-refractivity contribution in [3.8, 4) is 6.07 Å². The first-order valence-corrected chi connectivity index (χ1v) is 7.50. The molecule has 0 radical (unpaired) electrons. The first kappa shape index (κ1) is 16.0. The zero-order valence-corrected chi connectivity index (χ0v) is 12.7. The van der Waals surface area contributed by atoms with Gasteiger partial charge in [0.1, 0.15) is 5.41 Å². The summed E-state index contributed by atoms with van der Waals surface area (Å²) in [5, 5.41) is 9.51. The third-order valence-corrected chi connectivity index (χ3v) is 3.87. The third kappa shape index (κ3) is 3.25. The van der Waals surface area contributed by atoms with Gasteiger partial charge in [0.05, 0.1) is 12.7 Å². The number of carbonyl (C=O) groups is 2. The molecule has 1 atom stereocenters. The third-order valence-electron chi connectivity index (χ3n) is 3.87. The Bertz CT molecular complexity index is 627. The van der Waals surface area contributed by atoms with Gasteiger partial charge in [0.2, 0.25) is 0 Å². The van der Waals surface area contributed by atoms with Crippen LogP contribution in [0.3, 0.4) is 0 Å². The van der Waals surface area contributed by atoms with Crippen molar-refractivity contribution in [2.75, 3.05) is 6.61 Å². The van der Waals surface area contributed by atoms with E-state index in [4.69, 9.17) is 4.74 Å². The molecule has 0 aromatic heterocycles. The predicted octanol–water partition coefficient (Wildman–Crippen LogP) is 3.44. The molecule has 22 heavy (non-hydrogen) atoms. The summed E-state index contributed by atoms with van der Waals surface area (Å²) < 4.78 is 5.16. The van der Waals surface area contributed by atoms with Gasteiger partial charge in [-0.2, -0.15) is 5.26 Å². The van der Waals surface area contributed by atoms with E-state index in [2.05, 4.69) is 6.07 Å². The summed E-state index contributed by atoms with van der Waals surface area (Å²) in [4.78, 5) is 24.6. The average molecular weight is 297 g/mol. The molecule has 0 saturated heterocycles. The molecule has 114 valence electrons. The lowest BCUT2D eigenvalue weighted by Crippen LogP contribution is -2.28.